The number of ketones is 3. The molecule has 252 valence electrons. The first kappa shape index (κ1) is 38.7. The second kappa shape index (κ2) is 19.9. The Morgan fingerprint density at radius 2 is 1.84 bits per heavy atom. The van der Waals surface area contributed by atoms with Gasteiger partial charge < -0.3 is 14.7 Å². The van der Waals surface area contributed by atoms with Crippen molar-refractivity contribution >= 4 is 34.8 Å². The molecule has 1 N–H and O–H groups in total. The lowest BCUT2D eigenvalue weighted by Gasteiger charge is -2.25. The van der Waals surface area contributed by atoms with Crippen LogP contribution >= 0.6 is 11.8 Å². The van der Waals surface area contributed by atoms with Crippen LogP contribution in [0.25, 0.3) is 0 Å². The lowest BCUT2D eigenvalue weighted by molar-refractivity contribution is -0.131. The fraction of sp³-hybridized carbons (Fsp3) is 0.667. The van der Waals surface area contributed by atoms with Crippen molar-refractivity contribution in [2.24, 2.45) is 28.8 Å². The van der Waals surface area contributed by atoms with Crippen LogP contribution < -0.4 is 4.74 Å². The van der Waals surface area contributed by atoms with E-state index < -0.39 is 17.8 Å². The molecule has 9 heteroatoms. The number of oxime groups is 1. The minimum Gasteiger partial charge on any atom is -0.496 e. The molecule has 0 amide bonds. The number of hydrogen-bond acceptors (Lipinski definition) is 8. The van der Waals surface area contributed by atoms with E-state index in [4.69, 9.17) is 9.57 Å². The second-order valence-corrected chi connectivity index (χ2v) is 13.8. The van der Waals surface area contributed by atoms with Gasteiger partial charge in [-0.2, -0.15) is 11.8 Å². The van der Waals surface area contributed by atoms with Crippen molar-refractivity contribution in [1.82, 2.24) is 0 Å². The number of nitrogens with zero attached hydrogens (tertiary/aromatic N) is 1. The summed E-state index contributed by atoms with van der Waals surface area (Å²) >= 11 is 1.81. The number of hydrogen-bond donors (Lipinski definition) is 1. The van der Waals surface area contributed by atoms with Gasteiger partial charge in [0.1, 0.15) is 29.2 Å². The largest absolute Gasteiger partial charge is 0.496 e. The van der Waals surface area contributed by atoms with Gasteiger partial charge >= 0.3 is 0 Å². The van der Waals surface area contributed by atoms with Crippen molar-refractivity contribution in [1.29, 1.82) is 0 Å². The normalized spacial score (nSPS) is 20.4. The average Bonchev–Trinajstić information content (AvgIpc) is 3.00. The summed E-state index contributed by atoms with van der Waals surface area (Å²) in [5.41, 5.74) is 1.05. The average molecular weight is 648 g/mol. The first-order valence-electron chi connectivity index (χ1n) is 16.4. The third-order valence-electron chi connectivity index (χ3n) is 8.52. The Hall–Kier alpha value is -2.52. The lowest BCUT2D eigenvalue weighted by Crippen LogP contribution is -2.31. The van der Waals surface area contributed by atoms with Crippen LogP contribution in [0, 0.1) is 29.5 Å². The van der Waals surface area contributed by atoms with Gasteiger partial charge in [0, 0.05) is 29.9 Å². The van der Waals surface area contributed by atoms with Gasteiger partial charge in [0.25, 0.3) is 0 Å². The second-order valence-electron chi connectivity index (χ2n) is 12.8. The number of benzene rings is 1. The van der Waals surface area contributed by atoms with E-state index in [9.17, 15) is 23.9 Å². The minimum atomic E-state index is -1.06. The molecule has 1 aromatic rings. The van der Waals surface area contributed by atoms with E-state index in [0.29, 0.717) is 53.6 Å². The molecule has 0 radical (unpaired) electrons. The molecule has 2 rings (SSSR count). The molecular weight excluding hydrogens is 593 g/mol. The Bertz CT molecular complexity index is 1180. The topological polar surface area (TPSA) is 102 Å². The molecule has 7 nitrogen and oxygen atoms in total. The maximum Gasteiger partial charge on any atom is 0.174 e. The molecule has 0 fully saturated rings. The molecule has 4 atom stereocenters. The van der Waals surface area contributed by atoms with Gasteiger partial charge in [-0.3, -0.25) is 14.4 Å². The Morgan fingerprint density at radius 3 is 2.49 bits per heavy atom. The molecule has 0 heterocycles. The van der Waals surface area contributed by atoms with E-state index in [1.165, 1.54) is 25.3 Å². The maximum absolute atomic E-state index is 14.0. The summed E-state index contributed by atoms with van der Waals surface area (Å²) in [5.74, 6) is 0.257. The van der Waals surface area contributed by atoms with Crippen LogP contribution in [0.5, 0.6) is 5.75 Å². The quantitative estimate of drug-likeness (QED) is 0.0920. The Morgan fingerprint density at radius 1 is 1.13 bits per heavy atom. The molecule has 0 aliphatic heterocycles. The van der Waals surface area contributed by atoms with Crippen molar-refractivity contribution in [3.05, 3.63) is 41.2 Å². The molecular formula is C36H54FNO6S. The Kier molecular flexibility index (Phi) is 17.1. The van der Waals surface area contributed by atoms with E-state index in [1.807, 2.05) is 33.8 Å². The van der Waals surface area contributed by atoms with Gasteiger partial charge in [-0.15, -0.1) is 0 Å². The smallest absolute Gasteiger partial charge is 0.174 e. The van der Waals surface area contributed by atoms with Crippen LogP contribution in [-0.4, -0.2) is 53.4 Å². The molecule has 0 saturated heterocycles. The van der Waals surface area contributed by atoms with Crippen LogP contribution in [0.3, 0.4) is 0 Å². The zero-order valence-electron chi connectivity index (χ0n) is 28.3. The van der Waals surface area contributed by atoms with E-state index >= 15 is 0 Å². The van der Waals surface area contributed by atoms with Gasteiger partial charge in [-0.05, 0) is 101 Å². The van der Waals surface area contributed by atoms with Gasteiger partial charge in [-0.1, -0.05) is 37.9 Å². The van der Waals surface area contributed by atoms with E-state index in [0.717, 1.165) is 37.9 Å². The fourth-order valence-corrected chi connectivity index (χ4v) is 6.38. The fourth-order valence-electron chi connectivity index (χ4n) is 5.81. The SMILES string of the molecule is COc1ccc(F)cc1C(O)CC1/C=C(/C(C)=N/OC(C)C)C(=O)C(CCC[C@@H](CCCC(=O)C(C)C)CCSC)C(=O)CC1. The maximum atomic E-state index is 14.0. The van der Waals surface area contributed by atoms with Gasteiger partial charge in [0.05, 0.1) is 24.8 Å². The number of rotatable bonds is 19. The van der Waals surface area contributed by atoms with E-state index in [1.54, 1.807) is 18.7 Å². The number of carbonyl (C=O) groups is 3. The molecule has 0 saturated carbocycles. The van der Waals surface area contributed by atoms with Gasteiger partial charge in [0.15, 0.2) is 5.78 Å². The highest BCUT2D eigenvalue weighted by Gasteiger charge is 2.33. The Labute approximate surface area is 273 Å². The number of methoxy groups -OCH3 is 1. The van der Waals surface area contributed by atoms with Crippen LogP contribution in [-0.2, 0) is 19.2 Å². The van der Waals surface area contributed by atoms with E-state index in [2.05, 4.69) is 11.4 Å². The number of aliphatic hydroxyl groups excluding tert-OH is 1. The molecule has 1 aliphatic carbocycles. The molecule has 1 aromatic carbocycles. The third-order valence-corrected chi connectivity index (χ3v) is 9.16. The summed E-state index contributed by atoms with van der Waals surface area (Å²) < 4.78 is 19.4. The zero-order valence-corrected chi connectivity index (χ0v) is 29.1. The summed E-state index contributed by atoms with van der Waals surface area (Å²) in [6, 6.07) is 4.00. The molecule has 45 heavy (non-hydrogen) atoms. The van der Waals surface area contributed by atoms with Crippen molar-refractivity contribution in [3.8, 4) is 5.75 Å². The first-order valence-corrected chi connectivity index (χ1v) is 17.8. The molecule has 0 spiro atoms. The molecule has 1 aliphatic rings. The predicted octanol–water partition coefficient (Wildman–Crippen LogP) is 8.08. The van der Waals surface area contributed by atoms with Crippen LogP contribution in [0.2, 0.25) is 0 Å². The number of Topliss-reactive ketones (excluding diaryl/α,β-unsaturated/α-hetero) is 3. The van der Waals surface area contributed by atoms with Crippen molar-refractivity contribution < 1.29 is 33.5 Å². The van der Waals surface area contributed by atoms with Gasteiger partial charge in [0.2, 0.25) is 0 Å². The lowest BCUT2D eigenvalue weighted by atomic mass is 9.78. The molecule has 0 aromatic heterocycles. The third kappa shape index (κ3) is 13.0. The standard InChI is InChI=1S/C36H54FNO6S/c1-23(2)32(39)13-9-11-26(18-19-45-7)10-8-12-29-33(40)16-14-27(20-30(36(29)42)25(5)38-44-24(3)4)21-34(41)31-22-28(37)15-17-35(31)43-6/h15,17,20,22-24,26-27,29,34,41H,8-14,16,18-19,21H2,1-7H3/b30-20-,38-25+/t26-,27?,29?,34?/m0/s1. The Balaban J connectivity index is 2.24. The van der Waals surface area contributed by atoms with Crippen molar-refractivity contribution in [3.63, 3.8) is 0 Å². The van der Waals surface area contributed by atoms with Gasteiger partial charge in [-0.25, -0.2) is 4.39 Å². The summed E-state index contributed by atoms with van der Waals surface area (Å²) in [4.78, 5) is 45.1. The number of ether oxygens (including phenoxy) is 1. The highest BCUT2D eigenvalue weighted by molar-refractivity contribution is 7.98. The minimum absolute atomic E-state index is 0.0539. The summed E-state index contributed by atoms with van der Waals surface area (Å²) in [6.07, 6.45) is 9.08. The van der Waals surface area contributed by atoms with Crippen LogP contribution in [0.15, 0.2) is 35.0 Å². The van der Waals surface area contributed by atoms with Crippen LogP contribution in [0.4, 0.5) is 4.39 Å². The van der Waals surface area contributed by atoms with Crippen molar-refractivity contribution in [2.45, 2.75) is 111 Å². The number of thioether (sulfide) groups is 1. The number of allylic oxidation sites excluding steroid dienone is 2. The monoisotopic (exact) mass is 647 g/mol. The highest BCUT2D eigenvalue weighted by Crippen LogP contribution is 2.35. The predicted molar refractivity (Wildman–Crippen MR) is 180 cm³/mol. The summed E-state index contributed by atoms with van der Waals surface area (Å²) in [5, 5.41) is 15.3. The zero-order chi connectivity index (χ0) is 33.5. The van der Waals surface area contributed by atoms with Crippen molar-refractivity contribution in [2.75, 3.05) is 19.1 Å². The first-order chi connectivity index (χ1) is 21.4. The summed E-state index contributed by atoms with van der Waals surface area (Å²) in [7, 11) is 1.46. The number of halogens is 1. The van der Waals surface area contributed by atoms with E-state index in [-0.39, 0.29) is 42.3 Å². The number of aliphatic hydroxyl groups is 1. The summed E-state index contributed by atoms with van der Waals surface area (Å²) in [6.45, 7) is 9.26. The van der Waals surface area contributed by atoms with Crippen LogP contribution in [0.1, 0.15) is 110 Å². The number of carbonyl (C=O) groups excluding carboxylic acids is 3. The molecule has 3 unspecified atom stereocenters. The highest BCUT2D eigenvalue weighted by atomic mass is 32.2. The molecule has 0 bridgehead atoms.